The van der Waals surface area contributed by atoms with Gasteiger partial charge in [0.25, 0.3) is 0 Å². The van der Waals surface area contributed by atoms with Gasteiger partial charge in [0, 0.05) is 26.7 Å². The summed E-state index contributed by atoms with van der Waals surface area (Å²) in [5, 5.41) is 2.92. The molecule has 10 heteroatoms. The van der Waals surface area contributed by atoms with Crippen molar-refractivity contribution in [2.45, 2.75) is 4.90 Å². The molecule has 0 atom stereocenters. The first kappa shape index (κ1) is 20.7. The van der Waals surface area contributed by atoms with E-state index in [1.165, 1.54) is 0 Å². The van der Waals surface area contributed by atoms with Gasteiger partial charge in [-0.15, -0.1) is 12.4 Å². The monoisotopic (exact) mass is 408 g/mol. The Hall–Kier alpha value is -0.320. The number of sulfonamides is 1. The first-order valence-electron chi connectivity index (χ1n) is 5.72. The van der Waals surface area contributed by atoms with Crippen molar-refractivity contribution < 1.29 is 21.9 Å². The maximum absolute atomic E-state index is 13.6. The summed E-state index contributed by atoms with van der Waals surface area (Å²) in [5.74, 6) is -1.86. The lowest BCUT2D eigenvalue weighted by Crippen LogP contribution is -2.33. The van der Waals surface area contributed by atoms with E-state index in [4.69, 9.17) is 4.74 Å². The Morgan fingerprint density at radius 2 is 1.86 bits per heavy atom. The molecule has 0 unspecified atom stereocenters. The standard InChI is InChI=1S/C11H15BrF2N2O3S.ClH/c1-19-5-4-15-2-3-16-20(17,18)11-7-9(13)8(12)6-10(11)14;/h6-7,15-16H,2-5H2,1H3;1H. The van der Waals surface area contributed by atoms with Crippen LogP contribution in [0, 0.1) is 11.6 Å². The van der Waals surface area contributed by atoms with E-state index in [0.29, 0.717) is 25.8 Å². The minimum Gasteiger partial charge on any atom is -0.383 e. The molecule has 0 radical (unpaired) electrons. The van der Waals surface area contributed by atoms with E-state index in [1.807, 2.05) is 0 Å². The average Bonchev–Trinajstić information content (AvgIpc) is 2.37. The number of methoxy groups -OCH3 is 1. The van der Waals surface area contributed by atoms with E-state index in [9.17, 15) is 17.2 Å². The van der Waals surface area contributed by atoms with Crippen molar-refractivity contribution in [3.63, 3.8) is 0 Å². The third-order valence-electron chi connectivity index (χ3n) is 2.34. The van der Waals surface area contributed by atoms with Crippen LogP contribution in [0.3, 0.4) is 0 Å². The highest BCUT2D eigenvalue weighted by atomic mass is 79.9. The molecular weight excluding hydrogens is 394 g/mol. The molecule has 0 bridgehead atoms. The lowest BCUT2D eigenvalue weighted by Gasteiger charge is -2.09. The molecule has 5 nitrogen and oxygen atoms in total. The van der Waals surface area contributed by atoms with Crippen LogP contribution in [0.5, 0.6) is 0 Å². The molecule has 0 fully saturated rings. The first-order chi connectivity index (χ1) is 9.38. The van der Waals surface area contributed by atoms with Gasteiger partial charge in [0.05, 0.1) is 11.1 Å². The largest absolute Gasteiger partial charge is 0.383 e. The molecule has 1 aromatic carbocycles. The van der Waals surface area contributed by atoms with Crippen LogP contribution >= 0.6 is 28.3 Å². The van der Waals surface area contributed by atoms with Gasteiger partial charge < -0.3 is 10.1 Å². The highest BCUT2D eigenvalue weighted by molar-refractivity contribution is 9.10. The fourth-order valence-corrected chi connectivity index (χ4v) is 2.78. The van der Waals surface area contributed by atoms with Gasteiger partial charge >= 0.3 is 0 Å². The second-order valence-electron chi connectivity index (χ2n) is 3.84. The average molecular weight is 410 g/mol. The minimum absolute atomic E-state index is 0. The van der Waals surface area contributed by atoms with Crippen molar-refractivity contribution in [3.8, 4) is 0 Å². The van der Waals surface area contributed by atoms with Gasteiger partial charge in [-0.2, -0.15) is 0 Å². The van der Waals surface area contributed by atoms with Crippen LogP contribution in [0.15, 0.2) is 21.5 Å². The Morgan fingerprint density at radius 3 is 2.48 bits per heavy atom. The summed E-state index contributed by atoms with van der Waals surface area (Å²) in [4.78, 5) is -0.713. The molecule has 1 rings (SSSR count). The van der Waals surface area contributed by atoms with Crippen LogP contribution in [-0.2, 0) is 14.8 Å². The maximum atomic E-state index is 13.6. The molecule has 122 valence electrons. The van der Waals surface area contributed by atoms with E-state index in [-0.39, 0.29) is 23.4 Å². The van der Waals surface area contributed by atoms with Crippen LogP contribution in [0.25, 0.3) is 0 Å². The van der Waals surface area contributed by atoms with Gasteiger partial charge in [0.2, 0.25) is 10.0 Å². The van der Waals surface area contributed by atoms with Crippen molar-refractivity contribution in [2.75, 3.05) is 33.4 Å². The van der Waals surface area contributed by atoms with Gasteiger partial charge in [0.1, 0.15) is 16.5 Å². The third-order valence-corrected chi connectivity index (χ3v) is 4.42. The van der Waals surface area contributed by atoms with Crippen LogP contribution in [0.4, 0.5) is 8.78 Å². The smallest absolute Gasteiger partial charge is 0.243 e. The fraction of sp³-hybridized carbons (Fsp3) is 0.455. The quantitative estimate of drug-likeness (QED) is 0.506. The van der Waals surface area contributed by atoms with Crippen molar-refractivity contribution in [3.05, 3.63) is 28.2 Å². The van der Waals surface area contributed by atoms with E-state index in [0.717, 1.165) is 6.07 Å². The Bertz CT molecular complexity index is 561. The molecule has 0 aliphatic rings. The highest BCUT2D eigenvalue weighted by Gasteiger charge is 2.20. The molecular formula is C11H16BrClF2N2O3S. The van der Waals surface area contributed by atoms with Gasteiger partial charge in [0.15, 0.2) is 0 Å². The Labute approximate surface area is 137 Å². The summed E-state index contributed by atoms with van der Waals surface area (Å²) in [6, 6.07) is 1.42. The summed E-state index contributed by atoms with van der Waals surface area (Å²) in [6.45, 7) is 1.48. The van der Waals surface area contributed by atoms with Gasteiger partial charge in [-0.25, -0.2) is 21.9 Å². The van der Waals surface area contributed by atoms with E-state index < -0.39 is 26.6 Å². The van der Waals surface area contributed by atoms with Crippen LogP contribution in [0.2, 0.25) is 0 Å². The van der Waals surface area contributed by atoms with E-state index >= 15 is 0 Å². The number of ether oxygens (including phenoxy) is 1. The SMILES string of the molecule is COCCNCCNS(=O)(=O)c1cc(F)c(Br)cc1F.Cl. The molecule has 0 spiro atoms. The number of halogens is 4. The predicted octanol–water partition coefficient (Wildman–Crippen LogP) is 1.66. The molecule has 1 aromatic rings. The highest BCUT2D eigenvalue weighted by Crippen LogP contribution is 2.22. The molecule has 0 saturated carbocycles. The molecule has 0 saturated heterocycles. The molecule has 0 aliphatic carbocycles. The molecule has 0 aliphatic heterocycles. The fourth-order valence-electron chi connectivity index (χ4n) is 1.36. The summed E-state index contributed by atoms with van der Waals surface area (Å²) in [5.41, 5.74) is 0. The number of nitrogens with one attached hydrogen (secondary N) is 2. The number of hydrogen-bond donors (Lipinski definition) is 2. The van der Waals surface area contributed by atoms with Crippen LogP contribution in [-0.4, -0.2) is 41.8 Å². The predicted molar refractivity (Wildman–Crippen MR) is 81.2 cm³/mol. The summed E-state index contributed by atoms with van der Waals surface area (Å²) < 4.78 is 57.3. The Kier molecular flexibility index (Phi) is 9.50. The zero-order valence-electron chi connectivity index (χ0n) is 11.2. The Morgan fingerprint density at radius 1 is 1.19 bits per heavy atom. The lowest BCUT2D eigenvalue weighted by atomic mass is 10.3. The maximum Gasteiger partial charge on any atom is 0.243 e. The van der Waals surface area contributed by atoms with E-state index in [1.54, 1.807) is 7.11 Å². The van der Waals surface area contributed by atoms with Gasteiger partial charge in [-0.05, 0) is 28.1 Å². The molecule has 0 heterocycles. The van der Waals surface area contributed by atoms with Crippen molar-refractivity contribution in [1.82, 2.24) is 10.0 Å². The summed E-state index contributed by atoms with van der Waals surface area (Å²) in [6.07, 6.45) is 0. The molecule has 21 heavy (non-hydrogen) atoms. The summed E-state index contributed by atoms with van der Waals surface area (Å²) in [7, 11) is -2.53. The lowest BCUT2D eigenvalue weighted by molar-refractivity contribution is 0.199. The molecule has 2 N–H and O–H groups in total. The van der Waals surface area contributed by atoms with Crippen LogP contribution in [0.1, 0.15) is 0 Å². The van der Waals surface area contributed by atoms with Crippen molar-refractivity contribution in [2.24, 2.45) is 0 Å². The van der Waals surface area contributed by atoms with E-state index in [2.05, 4.69) is 26.0 Å². The first-order valence-corrected chi connectivity index (χ1v) is 8.00. The second-order valence-corrected chi connectivity index (χ2v) is 6.43. The summed E-state index contributed by atoms with van der Waals surface area (Å²) >= 11 is 2.78. The normalized spacial score (nSPS) is 11.2. The van der Waals surface area contributed by atoms with Crippen molar-refractivity contribution in [1.29, 1.82) is 0 Å². The minimum atomic E-state index is -4.08. The van der Waals surface area contributed by atoms with Crippen LogP contribution < -0.4 is 10.0 Å². The Balaban J connectivity index is 0.00000400. The van der Waals surface area contributed by atoms with Crippen molar-refractivity contribution >= 4 is 38.4 Å². The zero-order chi connectivity index (χ0) is 15.2. The number of hydrogen-bond acceptors (Lipinski definition) is 4. The molecule has 0 aromatic heterocycles. The molecule has 0 amide bonds. The number of benzene rings is 1. The topological polar surface area (TPSA) is 67.4 Å². The van der Waals surface area contributed by atoms with Gasteiger partial charge in [-0.3, -0.25) is 0 Å². The van der Waals surface area contributed by atoms with Gasteiger partial charge in [-0.1, -0.05) is 0 Å². The second kappa shape index (κ2) is 9.65. The third kappa shape index (κ3) is 6.54. The zero-order valence-corrected chi connectivity index (χ0v) is 14.4. The number of rotatable bonds is 8.